The van der Waals surface area contributed by atoms with Crippen molar-refractivity contribution in [1.82, 2.24) is 9.80 Å². The van der Waals surface area contributed by atoms with E-state index in [2.05, 4.69) is 11.9 Å². The predicted molar refractivity (Wildman–Crippen MR) is 74.8 cm³/mol. The van der Waals surface area contributed by atoms with Crippen LogP contribution in [0.3, 0.4) is 0 Å². The van der Waals surface area contributed by atoms with Crippen LogP contribution < -0.4 is 5.73 Å². The highest BCUT2D eigenvalue weighted by Crippen LogP contribution is 2.22. The smallest absolute Gasteiger partial charge is 0.251 e. The number of ether oxygens (including phenoxy) is 1. The van der Waals surface area contributed by atoms with E-state index >= 15 is 0 Å². The van der Waals surface area contributed by atoms with Gasteiger partial charge in [0.15, 0.2) is 0 Å². The molecular formula is C14H27N3O2. The fraction of sp³-hybridized carbons (Fsp3) is 0.929. The van der Waals surface area contributed by atoms with E-state index in [-0.39, 0.29) is 18.1 Å². The minimum absolute atomic E-state index is 0.0724. The number of hydrogen-bond donors (Lipinski definition) is 1. The summed E-state index contributed by atoms with van der Waals surface area (Å²) in [5.74, 6) is 0.726. The van der Waals surface area contributed by atoms with E-state index < -0.39 is 0 Å². The van der Waals surface area contributed by atoms with Gasteiger partial charge in [-0.25, -0.2) is 0 Å². The van der Waals surface area contributed by atoms with Gasteiger partial charge in [-0.2, -0.15) is 0 Å². The second kappa shape index (κ2) is 6.68. The van der Waals surface area contributed by atoms with E-state index in [4.69, 9.17) is 10.5 Å². The van der Waals surface area contributed by atoms with Crippen LogP contribution >= 0.6 is 0 Å². The number of carbonyl (C=O) groups excluding carboxylic acids is 1. The Hall–Kier alpha value is -0.650. The van der Waals surface area contributed by atoms with E-state index in [0.717, 1.165) is 25.9 Å². The number of rotatable bonds is 4. The molecule has 0 aromatic carbocycles. The molecule has 2 rings (SSSR count). The van der Waals surface area contributed by atoms with Gasteiger partial charge in [0.05, 0.1) is 6.10 Å². The van der Waals surface area contributed by atoms with E-state index in [1.807, 2.05) is 11.9 Å². The van der Waals surface area contributed by atoms with E-state index in [1.54, 1.807) is 0 Å². The van der Waals surface area contributed by atoms with Gasteiger partial charge in [-0.15, -0.1) is 0 Å². The van der Waals surface area contributed by atoms with Crippen molar-refractivity contribution in [2.24, 2.45) is 11.7 Å². The molecule has 0 aliphatic carbocycles. The molecule has 1 unspecified atom stereocenters. The van der Waals surface area contributed by atoms with Gasteiger partial charge in [-0.3, -0.25) is 4.79 Å². The van der Waals surface area contributed by atoms with E-state index in [0.29, 0.717) is 12.5 Å². The molecule has 19 heavy (non-hydrogen) atoms. The quantitative estimate of drug-likeness (QED) is 0.797. The summed E-state index contributed by atoms with van der Waals surface area (Å²) in [6.45, 7) is 3.63. The maximum atomic E-state index is 12.3. The number of carbonyl (C=O) groups is 1. The summed E-state index contributed by atoms with van der Waals surface area (Å²) in [5.41, 5.74) is 5.58. The van der Waals surface area contributed by atoms with Gasteiger partial charge in [0, 0.05) is 26.7 Å². The van der Waals surface area contributed by atoms with Gasteiger partial charge in [0.2, 0.25) is 0 Å². The molecule has 2 heterocycles. The van der Waals surface area contributed by atoms with Gasteiger partial charge in [0.1, 0.15) is 6.10 Å². The first-order chi connectivity index (χ1) is 9.10. The number of hydrogen-bond acceptors (Lipinski definition) is 4. The molecule has 0 radical (unpaired) electrons. The SMILES string of the molecule is CN1CCCC(CN(C)C(=O)[C@@H]2CC[C@H](CN)O2)C1. The molecule has 1 amide bonds. The summed E-state index contributed by atoms with van der Waals surface area (Å²) in [4.78, 5) is 16.5. The first kappa shape index (κ1) is 14.8. The van der Waals surface area contributed by atoms with Gasteiger partial charge in [0.25, 0.3) is 5.91 Å². The van der Waals surface area contributed by atoms with Crippen molar-refractivity contribution in [2.75, 3.05) is 40.3 Å². The number of nitrogens with two attached hydrogens (primary N) is 1. The Morgan fingerprint density at radius 2 is 2.21 bits per heavy atom. The average molecular weight is 269 g/mol. The maximum absolute atomic E-state index is 12.3. The monoisotopic (exact) mass is 269 g/mol. The van der Waals surface area contributed by atoms with Crippen molar-refractivity contribution < 1.29 is 9.53 Å². The molecule has 0 spiro atoms. The van der Waals surface area contributed by atoms with Crippen LogP contribution in [-0.2, 0) is 9.53 Å². The third-order valence-electron chi connectivity index (χ3n) is 4.28. The van der Waals surface area contributed by atoms with Crippen molar-refractivity contribution in [2.45, 2.75) is 37.9 Å². The molecule has 110 valence electrons. The predicted octanol–water partition coefficient (Wildman–Crippen LogP) is 0.293. The Morgan fingerprint density at radius 3 is 2.84 bits per heavy atom. The number of likely N-dealkylation sites (tertiary alicyclic amines) is 1. The molecule has 0 aromatic rings. The average Bonchev–Trinajstić information content (AvgIpc) is 2.86. The summed E-state index contributed by atoms with van der Waals surface area (Å²) in [6.07, 6.45) is 3.99. The Morgan fingerprint density at radius 1 is 1.42 bits per heavy atom. The molecular weight excluding hydrogens is 242 g/mol. The van der Waals surface area contributed by atoms with E-state index in [9.17, 15) is 4.79 Å². The van der Waals surface area contributed by atoms with Crippen LogP contribution in [0, 0.1) is 5.92 Å². The Labute approximate surface area is 116 Å². The molecule has 2 aliphatic rings. The standard InChI is InChI=1S/C14H27N3O2/c1-16-7-3-4-11(9-16)10-17(2)14(18)13-6-5-12(8-15)19-13/h11-13H,3-10,15H2,1-2H3/t11?,12-,13+/m1/s1. The van der Waals surface area contributed by atoms with Crippen molar-refractivity contribution in [3.63, 3.8) is 0 Å². The largest absolute Gasteiger partial charge is 0.364 e. The molecule has 0 saturated carbocycles. The third-order valence-corrected chi connectivity index (χ3v) is 4.28. The van der Waals surface area contributed by atoms with Crippen LogP contribution in [0.15, 0.2) is 0 Å². The second-order valence-corrected chi connectivity index (χ2v) is 6.05. The number of nitrogens with zero attached hydrogens (tertiary/aromatic N) is 2. The highest BCUT2D eigenvalue weighted by Gasteiger charge is 2.32. The lowest BCUT2D eigenvalue weighted by atomic mass is 9.98. The maximum Gasteiger partial charge on any atom is 0.251 e. The topological polar surface area (TPSA) is 58.8 Å². The minimum atomic E-state index is -0.264. The lowest BCUT2D eigenvalue weighted by Gasteiger charge is -2.33. The molecule has 2 N–H and O–H groups in total. The van der Waals surface area contributed by atoms with Gasteiger partial charge in [-0.05, 0) is 45.2 Å². The van der Waals surface area contributed by atoms with Crippen molar-refractivity contribution in [3.8, 4) is 0 Å². The van der Waals surface area contributed by atoms with Crippen LogP contribution in [0.1, 0.15) is 25.7 Å². The Bertz CT molecular complexity index is 311. The first-order valence-corrected chi connectivity index (χ1v) is 7.39. The zero-order valence-corrected chi connectivity index (χ0v) is 12.2. The van der Waals surface area contributed by atoms with Gasteiger partial charge in [-0.1, -0.05) is 0 Å². The zero-order chi connectivity index (χ0) is 13.8. The van der Waals surface area contributed by atoms with Crippen molar-refractivity contribution >= 4 is 5.91 Å². The molecule has 2 fully saturated rings. The molecule has 5 heteroatoms. The lowest BCUT2D eigenvalue weighted by Crippen LogP contribution is -2.43. The Kier molecular flexibility index (Phi) is 5.19. The summed E-state index contributed by atoms with van der Waals surface area (Å²) in [6, 6.07) is 0. The molecule has 0 aromatic heterocycles. The third kappa shape index (κ3) is 3.91. The fourth-order valence-corrected chi connectivity index (χ4v) is 3.21. The number of amides is 1. The molecule has 3 atom stereocenters. The zero-order valence-electron chi connectivity index (χ0n) is 12.2. The van der Waals surface area contributed by atoms with Crippen LogP contribution in [0.4, 0.5) is 0 Å². The lowest BCUT2D eigenvalue weighted by molar-refractivity contribution is -0.142. The second-order valence-electron chi connectivity index (χ2n) is 6.05. The van der Waals surface area contributed by atoms with Gasteiger partial charge < -0.3 is 20.3 Å². The van der Waals surface area contributed by atoms with Gasteiger partial charge >= 0.3 is 0 Å². The molecule has 2 saturated heterocycles. The van der Waals surface area contributed by atoms with E-state index in [1.165, 1.54) is 19.4 Å². The summed E-state index contributed by atoms with van der Waals surface area (Å²) < 4.78 is 5.68. The van der Waals surface area contributed by atoms with Crippen molar-refractivity contribution in [1.29, 1.82) is 0 Å². The van der Waals surface area contributed by atoms with Crippen LogP contribution in [0.25, 0.3) is 0 Å². The molecule has 0 bridgehead atoms. The van der Waals surface area contributed by atoms with Crippen LogP contribution in [0.2, 0.25) is 0 Å². The number of piperidine rings is 1. The normalized spacial score (nSPS) is 32.5. The summed E-state index contributed by atoms with van der Waals surface area (Å²) in [5, 5.41) is 0. The molecule has 2 aliphatic heterocycles. The van der Waals surface area contributed by atoms with Crippen LogP contribution in [0.5, 0.6) is 0 Å². The van der Waals surface area contributed by atoms with Crippen molar-refractivity contribution in [3.05, 3.63) is 0 Å². The summed E-state index contributed by atoms with van der Waals surface area (Å²) in [7, 11) is 4.05. The molecule has 5 nitrogen and oxygen atoms in total. The van der Waals surface area contributed by atoms with Crippen LogP contribution in [-0.4, -0.2) is 68.2 Å². The Balaban J connectivity index is 1.79. The highest BCUT2D eigenvalue weighted by atomic mass is 16.5. The minimum Gasteiger partial charge on any atom is -0.364 e. The fourth-order valence-electron chi connectivity index (χ4n) is 3.21. The highest BCUT2D eigenvalue weighted by molar-refractivity contribution is 5.81. The summed E-state index contributed by atoms with van der Waals surface area (Å²) >= 11 is 0. The number of likely N-dealkylation sites (N-methyl/N-ethyl adjacent to an activating group) is 1. The first-order valence-electron chi connectivity index (χ1n) is 7.39.